The van der Waals surface area contributed by atoms with Gasteiger partial charge in [-0.25, -0.2) is 4.98 Å². The largest absolute Gasteiger partial charge is 0.497 e. The lowest BCUT2D eigenvalue weighted by Gasteiger charge is -2.35. The molecule has 0 bridgehead atoms. The Bertz CT molecular complexity index is 1030. The summed E-state index contributed by atoms with van der Waals surface area (Å²) in [5.74, 6) is 1.72. The van der Waals surface area contributed by atoms with Crippen molar-refractivity contribution in [2.45, 2.75) is 19.9 Å². The van der Waals surface area contributed by atoms with Crippen LogP contribution in [0.3, 0.4) is 0 Å². The number of methoxy groups -OCH3 is 1. The van der Waals surface area contributed by atoms with E-state index in [4.69, 9.17) is 9.72 Å². The van der Waals surface area contributed by atoms with Crippen LogP contribution in [0.5, 0.6) is 5.75 Å². The Morgan fingerprint density at radius 2 is 1.82 bits per heavy atom. The second-order valence-corrected chi connectivity index (χ2v) is 8.91. The van der Waals surface area contributed by atoms with Crippen molar-refractivity contribution >= 4 is 22.6 Å². The third-order valence-electron chi connectivity index (χ3n) is 5.94. The molecule has 8 heteroatoms. The summed E-state index contributed by atoms with van der Waals surface area (Å²) in [5, 5.41) is 0.775. The molecule has 174 valence electrons. The monoisotopic (exact) mass is 465 g/mol. The van der Waals surface area contributed by atoms with Gasteiger partial charge in [0.2, 0.25) is 11.0 Å². The molecular weight excluding hydrogens is 434 g/mol. The number of carbonyl (C=O) groups is 1. The summed E-state index contributed by atoms with van der Waals surface area (Å²) >= 11 is 1.35. The van der Waals surface area contributed by atoms with Gasteiger partial charge in [-0.15, -0.1) is 0 Å². The molecule has 0 spiro atoms. The van der Waals surface area contributed by atoms with Gasteiger partial charge in [-0.2, -0.15) is 4.37 Å². The number of likely N-dealkylation sites (N-methyl/N-ethyl adjacent to an activating group) is 1. The topological polar surface area (TPSA) is 61.8 Å². The fourth-order valence-corrected chi connectivity index (χ4v) is 4.66. The second kappa shape index (κ2) is 11.2. The molecule has 0 radical (unpaired) electrons. The molecule has 33 heavy (non-hydrogen) atoms. The third kappa shape index (κ3) is 6.30. The first-order valence-electron chi connectivity index (χ1n) is 11.4. The van der Waals surface area contributed by atoms with Crippen molar-refractivity contribution in [3.05, 3.63) is 71.5 Å². The maximum atomic E-state index is 13.1. The van der Waals surface area contributed by atoms with Gasteiger partial charge in [-0.1, -0.05) is 49.4 Å². The molecule has 0 aliphatic carbocycles. The number of benzene rings is 2. The van der Waals surface area contributed by atoms with E-state index >= 15 is 0 Å². The lowest BCUT2D eigenvalue weighted by atomic mass is 10.1. The van der Waals surface area contributed by atoms with Crippen molar-refractivity contribution in [2.75, 3.05) is 51.3 Å². The van der Waals surface area contributed by atoms with Crippen LogP contribution in [0.4, 0.5) is 5.13 Å². The molecule has 2 heterocycles. The number of hydrogen-bond acceptors (Lipinski definition) is 7. The number of piperazine rings is 1. The van der Waals surface area contributed by atoms with Gasteiger partial charge in [0.05, 0.1) is 13.7 Å². The third-order valence-corrected chi connectivity index (χ3v) is 6.75. The molecule has 2 aromatic carbocycles. The summed E-state index contributed by atoms with van der Waals surface area (Å²) in [7, 11) is 1.67. The molecule has 1 aliphatic rings. The molecule has 0 unspecified atom stereocenters. The molecule has 1 fully saturated rings. The number of anilines is 1. The molecule has 0 atom stereocenters. The molecule has 0 N–H and O–H groups in total. The average molecular weight is 466 g/mol. The quantitative estimate of drug-likeness (QED) is 0.483. The Labute approximate surface area is 199 Å². The minimum absolute atomic E-state index is 0.145. The highest BCUT2D eigenvalue weighted by molar-refractivity contribution is 7.09. The molecule has 0 saturated carbocycles. The summed E-state index contributed by atoms with van der Waals surface area (Å²) in [5.41, 5.74) is 2.24. The van der Waals surface area contributed by atoms with E-state index in [1.807, 2.05) is 47.4 Å². The van der Waals surface area contributed by atoms with Gasteiger partial charge in [-0.3, -0.25) is 4.79 Å². The van der Waals surface area contributed by atoms with E-state index in [-0.39, 0.29) is 5.91 Å². The SMILES string of the molecule is CCN1CCN(C(=O)CN(Cc2ccccc2)c2nc(Cc3cccc(OC)c3)ns2)CC1. The zero-order valence-electron chi connectivity index (χ0n) is 19.3. The summed E-state index contributed by atoms with van der Waals surface area (Å²) in [6.07, 6.45) is 0.625. The molecule has 1 aromatic heterocycles. The van der Waals surface area contributed by atoms with Crippen LogP contribution in [0.15, 0.2) is 54.6 Å². The summed E-state index contributed by atoms with van der Waals surface area (Å²) in [6, 6.07) is 18.2. The maximum Gasteiger partial charge on any atom is 0.242 e. The highest BCUT2D eigenvalue weighted by atomic mass is 32.1. The van der Waals surface area contributed by atoms with Crippen LogP contribution >= 0.6 is 11.5 Å². The van der Waals surface area contributed by atoms with Gasteiger partial charge in [0.15, 0.2) is 0 Å². The standard InChI is InChI=1S/C25H31N5O2S/c1-3-28-12-14-29(15-13-28)24(31)19-30(18-20-8-5-4-6-9-20)25-26-23(27-33-25)17-21-10-7-11-22(16-21)32-2/h4-11,16H,3,12-15,17-19H2,1-2H3. The van der Waals surface area contributed by atoms with Crippen LogP contribution in [0, 0.1) is 0 Å². The van der Waals surface area contributed by atoms with Crippen molar-refractivity contribution < 1.29 is 9.53 Å². The van der Waals surface area contributed by atoms with E-state index in [9.17, 15) is 4.79 Å². The molecule has 1 amide bonds. The van der Waals surface area contributed by atoms with Gasteiger partial charge < -0.3 is 19.4 Å². The van der Waals surface area contributed by atoms with Gasteiger partial charge >= 0.3 is 0 Å². The number of ether oxygens (including phenoxy) is 1. The Hall–Kier alpha value is -2.97. The van der Waals surface area contributed by atoms with Gasteiger partial charge in [0.25, 0.3) is 0 Å². The average Bonchev–Trinajstić information content (AvgIpc) is 3.32. The summed E-state index contributed by atoms with van der Waals surface area (Å²) in [4.78, 5) is 24.3. The molecule has 1 aliphatic heterocycles. The number of hydrogen-bond donors (Lipinski definition) is 0. The summed E-state index contributed by atoms with van der Waals surface area (Å²) in [6.45, 7) is 7.55. The first-order valence-corrected chi connectivity index (χ1v) is 12.2. The predicted molar refractivity (Wildman–Crippen MR) is 132 cm³/mol. The number of nitrogens with zero attached hydrogens (tertiary/aromatic N) is 5. The van der Waals surface area contributed by atoms with Crippen LogP contribution < -0.4 is 9.64 Å². The predicted octanol–water partition coefficient (Wildman–Crippen LogP) is 3.31. The molecular formula is C25H31N5O2S. The fraction of sp³-hybridized carbons (Fsp3) is 0.400. The fourth-order valence-electron chi connectivity index (χ4n) is 3.98. The lowest BCUT2D eigenvalue weighted by Crippen LogP contribution is -2.51. The van der Waals surface area contributed by atoms with E-state index in [1.54, 1.807) is 7.11 Å². The van der Waals surface area contributed by atoms with E-state index in [0.29, 0.717) is 19.5 Å². The van der Waals surface area contributed by atoms with E-state index in [0.717, 1.165) is 60.6 Å². The van der Waals surface area contributed by atoms with Gasteiger partial charge in [-0.05, 0) is 29.8 Å². The molecule has 1 saturated heterocycles. The second-order valence-electron chi connectivity index (χ2n) is 8.18. The molecule has 3 aromatic rings. The zero-order valence-corrected chi connectivity index (χ0v) is 20.1. The maximum absolute atomic E-state index is 13.1. The lowest BCUT2D eigenvalue weighted by molar-refractivity contribution is -0.131. The van der Waals surface area contributed by atoms with E-state index < -0.39 is 0 Å². The number of carbonyl (C=O) groups excluding carboxylic acids is 1. The van der Waals surface area contributed by atoms with Crippen LogP contribution in [0.1, 0.15) is 23.9 Å². The Kier molecular flexibility index (Phi) is 7.91. The Morgan fingerprint density at radius 3 is 2.55 bits per heavy atom. The first kappa shape index (κ1) is 23.2. The number of rotatable bonds is 9. The van der Waals surface area contributed by atoms with Crippen molar-refractivity contribution in [3.63, 3.8) is 0 Å². The number of aromatic nitrogens is 2. The van der Waals surface area contributed by atoms with Crippen molar-refractivity contribution in [3.8, 4) is 5.75 Å². The minimum Gasteiger partial charge on any atom is -0.497 e. The van der Waals surface area contributed by atoms with Crippen LogP contribution in [-0.4, -0.2) is 71.4 Å². The highest BCUT2D eigenvalue weighted by Crippen LogP contribution is 2.23. The van der Waals surface area contributed by atoms with Crippen LogP contribution in [0.25, 0.3) is 0 Å². The summed E-state index contributed by atoms with van der Waals surface area (Å²) < 4.78 is 9.91. The van der Waals surface area contributed by atoms with E-state index in [2.05, 4.69) is 33.2 Å². The normalized spacial score (nSPS) is 14.3. The van der Waals surface area contributed by atoms with Crippen molar-refractivity contribution in [1.82, 2.24) is 19.2 Å². The number of amides is 1. The zero-order chi connectivity index (χ0) is 23.0. The Morgan fingerprint density at radius 1 is 1.06 bits per heavy atom. The van der Waals surface area contributed by atoms with Gasteiger partial charge in [0.1, 0.15) is 11.6 Å². The van der Waals surface area contributed by atoms with Crippen LogP contribution in [-0.2, 0) is 17.8 Å². The van der Waals surface area contributed by atoms with Crippen LogP contribution in [0.2, 0.25) is 0 Å². The first-order chi connectivity index (χ1) is 16.1. The van der Waals surface area contributed by atoms with Gasteiger partial charge in [0, 0.05) is 50.7 Å². The smallest absolute Gasteiger partial charge is 0.242 e. The minimum atomic E-state index is 0.145. The molecule has 4 rings (SSSR count). The van der Waals surface area contributed by atoms with E-state index in [1.165, 1.54) is 11.5 Å². The Balaban J connectivity index is 1.48. The highest BCUT2D eigenvalue weighted by Gasteiger charge is 2.24. The molecule has 7 nitrogen and oxygen atoms in total. The van der Waals surface area contributed by atoms with Crippen molar-refractivity contribution in [1.29, 1.82) is 0 Å². The van der Waals surface area contributed by atoms with Crippen molar-refractivity contribution in [2.24, 2.45) is 0 Å².